The van der Waals surface area contributed by atoms with Gasteiger partial charge < -0.3 is 9.64 Å². The smallest absolute Gasteiger partial charge is 0.223 e. The molecule has 0 unspecified atom stereocenters. The van der Waals surface area contributed by atoms with Gasteiger partial charge in [0.05, 0.1) is 12.8 Å². The zero-order valence-corrected chi connectivity index (χ0v) is 15.5. The number of aromatic nitrogens is 2. The zero-order chi connectivity index (χ0) is 18.0. The molecule has 1 saturated heterocycles. The number of carbonyl (C=O) groups is 1. The van der Waals surface area contributed by atoms with E-state index in [4.69, 9.17) is 4.74 Å². The number of hydrogen-bond acceptors (Lipinski definition) is 3. The van der Waals surface area contributed by atoms with Crippen LogP contribution in [0.25, 0.3) is 0 Å². The summed E-state index contributed by atoms with van der Waals surface area (Å²) in [6.45, 7) is 7.77. The van der Waals surface area contributed by atoms with Gasteiger partial charge in [-0.2, -0.15) is 5.10 Å². The van der Waals surface area contributed by atoms with E-state index in [1.807, 2.05) is 30.9 Å². The van der Waals surface area contributed by atoms with Crippen LogP contribution < -0.4 is 4.74 Å². The minimum absolute atomic E-state index is 0.186. The first kappa shape index (κ1) is 17.5. The van der Waals surface area contributed by atoms with Crippen molar-refractivity contribution >= 4 is 5.91 Å². The third kappa shape index (κ3) is 3.70. The van der Waals surface area contributed by atoms with Crippen LogP contribution in [-0.4, -0.2) is 41.2 Å². The van der Waals surface area contributed by atoms with Crippen molar-refractivity contribution in [3.63, 3.8) is 0 Å². The highest BCUT2D eigenvalue weighted by molar-refractivity contribution is 5.77. The molecule has 2 aromatic rings. The second-order valence-corrected chi connectivity index (χ2v) is 7.05. The van der Waals surface area contributed by atoms with Crippen LogP contribution in [0.4, 0.5) is 0 Å². The molecule has 3 rings (SSSR count). The Balaban J connectivity index is 1.60. The summed E-state index contributed by atoms with van der Waals surface area (Å²) >= 11 is 0. The van der Waals surface area contributed by atoms with Gasteiger partial charge in [0.15, 0.2) is 0 Å². The number of benzene rings is 1. The number of methoxy groups -OCH3 is 1. The van der Waals surface area contributed by atoms with Gasteiger partial charge in [-0.3, -0.25) is 9.89 Å². The van der Waals surface area contributed by atoms with Crippen LogP contribution in [-0.2, 0) is 4.79 Å². The number of likely N-dealkylation sites (tertiary alicyclic amines) is 1. The maximum absolute atomic E-state index is 12.7. The molecule has 0 aliphatic carbocycles. The van der Waals surface area contributed by atoms with Crippen molar-refractivity contribution in [3.8, 4) is 5.75 Å². The standard InChI is InChI=1S/C20H27N3O2/c1-13(20-14(2)21-22-15(20)3)11-19(24)23-10-9-17(12-23)16-5-7-18(25-4)8-6-16/h5-8,13,17H,9-12H2,1-4H3,(H,21,22)/t13-,17-/m0/s1. The number of carbonyl (C=O) groups excluding carboxylic acids is 1. The average molecular weight is 341 g/mol. The second kappa shape index (κ2) is 7.30. The van der Waals surface area contributed by atoms with Crippen LogP contribution in [0.2, 0.25) is 0 Å². The molecule has 5 nitrogen and oxygen atoms in total. The number of aryl methyl sites for hydroxylation is 2. The molecule has 1 aliphatic rings. The van der Waals surface area contributed by atoms with E-state index < -0.39 is 0 Å². The number of ether oxygens (including phenoxy) is 1. The fraction of sp³-hybridized carbons (Fsp3) is 0.500. The number of amides is 1. The van der Waals surface area contributed by atoms with Gasteiger partial charge in [-0.05, 0) is 49.4 Å². The largest absolute Gasteiger partial charge is 0.497 e. The van der Waals surface area contributed by atoms with E-state index >= 15 is 0 Å². The fourth-order valence-electron chi connectivity index (χ4n) is 3.91. The van der Waals surface area contributed by atoms with Gasteiger partial charge in [-0.1, -0.05) is 19.1 Å². The van der Waals surface area contributed by atoms with E-state index in [9.17, 15) is 4.79 Å². The van der Waals surface area contributed by atoms with Gasteiger partial charge in [0.2, 0.25) is 5.91 Å². The first-order valence-corrected chi connectivity index (χ1v) is 8.92. The van der Waals surface area contributed by atoms with Gasteiger partial charge >= 0.3 is 0 Å². The molecular weight excluding hydrogens is 314 g/mol. The Bertz CT molecular complexity index is 716. The van der Waals surface area contributed by atoms with Gasteiger partial charge in [-0.15, -0.1) is 0 Å². The summed E-state index contributed by atoms with van der Waals surface area (Å²) in [5.41, 5.74) is 4.52. The number of hydrogen-bond donors (Lipinski definition) is 1. The average Bonchev–Trinajstić information content (AvgIpc) is 3.22. The molecule has 2 atom stereocenters. The van der Waals surface area contributed by atoms with Crippen molar-refractivity contribution in [1.82, 2.24) is 15.1 Å². The number of nitrogens with zero attached hydrogens (tertiary/aromatic N) is 2. The van der Waals surface area contributed by atoms with Crippen molar-refractivity contribution in [2.45, 2.75) is 45.4 Å². The third-order valence-corrected chi connectivity index (χ3v) is 5.29. The van der Waals surface area contributed by atoms with Crippen LogP contribution in [0.5, 0.6) is 5.75 Å². The SMILES string of the molecule is COc1ccc([C@H]2CCN(C(=O)C[C@H](C)c3c(C)n[nH]c3C)C2)cc1. The summed E-state index contributed by atoms with van der Waals surface area (Å²) in [6, 6.07) is 8.20. The summed E-state index contributed by atoms with van der Waals surface area (Å²) in [4.78, 5) is 14.7. The molecule has 1 fully saturated rings. The maximum atomic E-state index is 12.7. The lowest BCUT2D eigenvalue weighted by molar-refractivity contribution is -0.130. The molecule has 134 valence electrons. The summed E-state index contributed by atoms with van der Waals surface area (Å²) in [5.74, 6) is 1.71. The molecule has 2 heterocycles. The Morgan fingerprint density at radius 3 is 2.68 bits per heavy atom. The van der Waals surface area contributed by atoms with Crippen LogP contribution in [0.15, 0.2) is 24.3 Å². The second-order valence-electron chi connectivity index (χ2n) is 7.05. The fourth-order valence-corrected chi connectivity index (χ4v) is 3.91. The van der Waals surface area contributed by atoms with E-state index in [2.05, 4.69) is 29.3 Å². The van der Waals surface area contributed by atoms with Gasteiger partial charge in [0.1, 0.15) is 5.75 Å². The van der Waals surface area contributed by atoms with Crippen molar-refractivity contribution in [2.24, 2.45) is 0 Å². The summed E-state index contributed by atoms with van der Waals surface area (Å²) in [5, 5.41) is 7.26. The highest BCUT2D eigenvalue weighted by Crippen LogP contribution is 2.31. The van der Waals surface area contributed by atoms with Crippen molar-refractivity contribution < 1.29 is 9.53 Å². The minimum atomic E-state index is 0.186. The van der Waals surface area contributed by atoms with Crippen molar-refractivity contribution in [3.05, 3.63) is 46.8 Å². The zero-order valence-electron chi connectivity index (χ0n) is 15.5. The number of nitrogens with one attached hydrogen (secondary N) is 1. The number of H-pyrrole nitrogens is 1. The lowest BCUT2D eigenvalue weighted by Gasteiger charge is -2.20. The lowest BCUT2D eigenvalue weighted by Crippen LogP contribution is -2.29. The molecule has 25 heavy (non-hydrogen) atoms. The van der Waals surface area contributed by atoms with Crippen LogP contribution >= 0.6 is 0 Å². The van der Waals surface area contributed by atoms with Crippen LogP contribution in [0.3, 0.4) is 0 Å². The summed E-state index contributed by atoms with van der Waals surface area (Å²) < 4.78 is 5.22. The summed E-state index contributed by atoms with van der Waals surface area (Å²) in [7, 11) is 1.68. The Hall–Kier alpha value is -2.30. The van der Waals surface area contributed by atoms with E-state index in [1.165, 1.54) is 11.1 Å². The molecule has 5 heteroatoms. The Morgan fingerprint density at radius 1 is 1.36 bits per heavy atom. The van der Waals surface area contributed by atoms with E-state index in [0.29, 0.717) is 12.3 Å². The van der Waals surface area contributed by atoms with E-state index in [0.717, 1.165) is 36.6 Å². The number of aromatic amines is 1. The molecular formula is C20H27N3O2. The maximum Gasteiger partial charge on any atom is 0.223 e. The topological polar surface area (TPSA) is 58.2 Å². The molecule has 1 aromatic heterocycles. The summed E-state index contributed by atoms with van der Waals surface area (Å²) in [6.07, 6.45) is 1.56. The van der Waals surface area contributed by atoms with Crippen LogP contribution in [0, 0.1) is 13.8 Å². The molecule has 0 radical (unpaired) electrons. The molecule has 1 amide bonds. The monoisotopic (exact) mass is 341 g/mol. The highest BCUT2D eigenvalue weighted by Gasteiger charge is 2.29. The van der Waals surface area contributed by atoms with Gasteiger partial charge in [0.25, 0.3) is 0 Å². The number of rotatable bonds is 5. The first-order chi connectivity index (χ1) is 12.0. The predicted octanol–water partition coefficient (Wildman–Crippen LogP) is 3.54. The Labute approximate surface area is 149 Å². The Morgan fingerprint density at radius 2 is 2.08 bits per heavy atom. The van der Waals surface area contributed by atoms with Crippen molar-refractivity contribution in [2.75, 3.05) is 20.2 Å². The van der Waals surface area contributed by atoms with Gasteiger partial charge in [-0.25, -0.2) is 0 Å². The molecule has 0 spiro atoms. The third-order valence-electron chi connectivity index (χ3n) is 5.29. The molecule has 0 bridgehead atoms. The Kier molecular flexibility index (Phi) is 5.11. The lowest BCUT2D eigenvalue weighted by atomic mass is 9.95. The molecule has 0 saturated carbocycles. The highest BCUT2D eigenvalue weighted by atomic mass is 16.5. The normalized spacial score (nSPS) is 18.4. The molecule has 1 aliphatic heterocycles. The van der Waals surface area contributed by atoms with E-state index in [1.54, 1.807) is 7.11 Å². The first-order valence-electron chi connectivity index (χ1n) is 8.92. The van der Waals surface area contributed by atoms with E-state index in [-0.39, 0.29) is 11.8 Å². The van der Waals surface area contributed by atoms with Crippen LogP contribution in [0.1, 0.15) is 54.1 Å². The molecule has 1 aromatic carbocycles. The molecule has 1 N–H and O–H groups in total. The quantitative estimate of drug-likeness (QED) is 0.905. The van der Waals surface area contributed by atoms with Gasteiger partial charge in [0, 0.05) is 31.1 Å². The predicted molar refractivity (Wildman–Crippen MR) is 98.0 cm³/mol. The minimum Gasteiger partial charge on any atom is -0.497 e. The van der Waals surface area contributed by atoms with Crippen molar-refractivity contribution in [1.29, 1.82) is 0 Å².